The molecule has 3 atom stereocenters. The Morgan fingerprint density at radius 3 is 2.54 bits per heavy atom. The number of hydrogen-bond donors (Lipinski definition) is 4. The Morgan fingerprint density at radius 2 is 2.00 bits per heavy atom. The summed E-state index contributed by atoms with van der Waals surface area (Å²) in [7, 11) is 0. The van der Waals surface area contributed by atoms with E-state index in [0.717, 1.165) is 37.2 Å². The van der Waals surface area contributed by atoms with Gasteiger partial charge in [0.25, 0.3) is 5.91 Å². The molecule has 0 spiro atoms. The number of hydrogen-bond acceptors (Lipinski definition) is 6. The van der Waals surface area contributed by atoms with Gasteiger partial charge in [-0.25, -0.2) is 4.98 Å². The number of nitrogens with two attached hydrogens (primary N) is 3. The molecule has 0 aliphatic carbocycles. The predicted octanol–water partition coefficient (Wildman–Crippen LogP) is 1.31. The van der Waals surface area contributed by atoms with Gasteiger partial charge in [-0.1, -0.05) is 0 Å². The van der Waals surface area contributed by atoms with Gasteiger partial charge in [-0.2, -0.15) is 0 Å². The average Bonchev–Trinajstić information content (AvgIpc) is 3.29. The summed E-state index contributed by atoms with van der Waals surface area (Å²) in [6, 6.07) is 8.43. The van der Waals surface area contributed by atoms with Crippen LogP contribution >= 0.6 is 0 Å². The summed E-state index contributed by atoms with van der Waals surface area (Å²) in [5.74, 6) is 0.385. The third kappa shape index (κ3) is 3.33. The molecule has 1 amide bonds. The van der Waals surface area contributed by atoms with Crippen molar-refractivity contribution in [2.24, 2.45) is 16.5 Å². The van der Waals surface area contributed by atoms with Gasteiger partial charge < -0.3 is 27.1 Å². The second-order valence-corrected chi connectivity index (χ2v) is 7.37. The molecule has 2 fully saturated rings. The fourth-order valence-electron chi connectivity index (χ4n) is 4.40. The van der Waals surface area contributed by atoms with Crippen molar-refractivity contribution in [1.82, 2.24) is 9.97 Å². The molecule has 2 saturated heterocycles. The molecule has 2 aromatic rings. The van der Waals surface area contributed by atoms with E-state index in [1.807, 2.05) is 24.3 Å². The largest absolute Gasteiger partial charge is 0.404 e. The van der Waals surface area contributed by atoms with Gasteiger partial charge in [0.1, 0.15) is 5.82 Å². The summed E-state index contributed by atoms with van der Waals surface area (Å²) < 4.78 is 0. The van der Waals surface area contributed by atoms with Crippen LogP contribution in [0.3, 0.4) is 0 Å². The van der Waals surface area contributed by atoms with Gasteiger partial charge in [0.15, 0.2) is 0 Å². The fraction of sp³-hybridized carbons (Fsp3) is 0.350. The minimum Gasteiger partial charge on any atom is -0.404 e. The quantitative estimate of drug-likeness (QED) is 0.458. The third-order valence-electron chi connectivity index (χ3n) is 5.60. The Morgan fingerprint density at radius 1 is 1.25 bits per heavy atom. The number of nitrogen functional groups attached to an aromatic ring is 1. The van der Waals surface area contributed by atoms with E-state index in [-0.39, 0.29) is 11.6 Å². The van der Waals surface area contributed by atoms with E-state index in [1.165, 1.54) is 6.20 Å². The molecule has 8 nitrogen and oxygen atoms in total. The van der Waals surface area contributed by atoms with Crippen LogP contribution in [0.1, 0.15) is 31.4 Å². The van der Waals surface area contributed by atoms with Crippen molar-refractivity contribution < 1.29 is 4.79 Å². The number of carbonyl (C=O) groups is 1. The molecule has 1 unspecified atom stereocenters. The number of H-pyrrole nitrogens is 1. The smallest absolute Gasteiger partial charge is 0.252 e. The highest BCUT2D eigenvalue weighted by atomic mass is 16.1. The lowest BCUT2D eigenvalue weighted by molar-refractivity contribution is -0.114. The maximum atomic E-state index is 11.9. The molecular weight excluding hydrogens is 354 g/mol. The van der Waals surface area contributed by atoms with Crippen molar-refractivity contribution in [3.63, 3.8) is 0 Å². The Hall–Kier alpha value is -3.29. The molecule has 0 radical (unpaired) electrons. The first-order valence-electron chi connectivity index (χ1n) is 9.50. The molecule has 7 N–H and O–H groups in total. The summed E-state index contributed by atoms with van der Waals surface area (Å²) in [6.07, 6.45) is 8.73. The van der Waals surface area contributed by atoms with Crippen molar-refractivity contribution in [3.05, 3.63) is 54.1 Å². The van der Waals surface area contributed by atoms with Crippen LogP contribution in [0, 0.1) is 0 Å². The zero-order valence-electron chi connectivity index (χ0n) is 15.6. The van der Waals surface area contributed by atoms with Crippen LogP contribution in [-0.4, -0.2) is 39.7 Å². The van der Waals surface area contributed by atoms with Crippen molar-refractivity contribution in [2.75, 3.05) is 10.6 Å². The zero-order chi connectivity index (χ0) is 19.7. The van der Waals surface area contributed by atoms with E-state index in [0.29, 0.717) is 23.5 Å². The highest BCUT2D eigenvalue weighted by Crippen LogP contribution is 2.39. The normalized spacial score (nSPS) is 25.1. The molecule has 8 heteroatoms. The number of carbonyl (C=O) groups excluding carboxylic acids is 1. The van der Waals surface area contributed by atoms with E-state index >= 15 is 0 Å². The lowest BCUT2D eigenvalue weighted by Crippen LogP contribution is -2.45. The number of aromatic nitrogens is 2. The minimum absolute atomic E-state index is 0.0927. The number of aromatic amines is 1. The second-order valence-electron chi connectivity index (χ2n) is 7.37. The molecule has 0 aromatic carbocycles. The van der Waals surface area contributed by atoms with Gasteiger partial charge in [0, 0.05) is 24.5 Å². The van der Waals surface area contributed by atoms with Crippen molar-refractivity contribution in [1.29, 1.82) is 0 Å². The predicted molar refractivity (Wildman–Crippen MR) is 110 cm³/mol. The zero-order valence-corrected chi connectivity index (χ0v) is 15.6. The van der Waals surface area contributed by atoms with Crippen molar-refractivity contribution in [3.8, 4) is 0 Å². The number of amides is 1. The van der Waals surface area contributed by atoms with Crippen LogP contribution < -0.4 is 22.1 Å². The van der Waals surface area contributed by atoms with Crippen LogP contribution in [0.4, 0.5) is 11.5 Å². The number of primary amides is 1. The van der Waals surface area contributed by atoms with Gasteiger partial charge in [-0.05, 0) is 49.9 Å². The van der Waals surface area contributed by atoms with Crippen LogP contribution in [0.5, 0.6) is 0 Å². The minimum atomic E-state index is -0.581. The van der Waals surface area contributed by atoms with Crippen LogP contribution in [0.15, 0.2) is 53.4 Å². The van der Waals surface area contributed by atoms with E-state index in [4.69, 9.17) is 22.2 Å². The number of nitrogens with one attached hydrogen (secondary N) is 1. The molecule has 2 aliphatic rings. The monoisotopic (exact) mass is 379 g/mol. The summed E-state index contributed by atoms with van der Waals surface area (Å²) in [5.41, 5.74) is 19.2. The lowest BCUT2D eigenvalue weighted by atomic mass is 9.96. The summed E-state index contributed by atoms with van der Waals surface area (Å²) in [4.78, 5) is 26.8. The van der Waals surface area contributed by atoms with Gasteiger partial charge >= 0.3 is 0 Å². The second kappa shape index (κ2) is 7.38. The number of nitrogens with zero attached hydrogens (tertiary/aromatic N) is 3. The van der Waals surface area contributed by atoms with Crippen LogP contribution in [0.2, 0.25) is 0 Å². The van der Waals surface area contributed by atoms with Crippen molar-refractivity contribution >= 4 is 23.1 Å². The first-order valence-corrected chi connectivity index (χ1v) is 9.50. The van der Waals surface area contributed by atoms with Crippen LogP contribution in [0.25, 0.3) is 0 Å². The van der Waals surface area contributed by atoms with Crippen LogP contribution in [-0.2, 0) is 4.79 Å². The molecule has 0 saturated carbocycles. The molecule has 4 rings (SSSR count). The summed E-state index contributed by atoms with van der Waals surface area (Å²) in [6.45, 7) is 0. The summed E-state index contributed by atoms with van der Waals surface area (Å²) in [5, 5.41) is 0. The number of pyridine rings is 1. The van der Waals surface area contributed by atoms with E-state index in [2.05, 4.69) is 14.9 Å². The molecule has 4 heterocycles. The van der Waals surface area contributed by atoms with E-state index < -0.39 is 5.91 Å². The Balaban J connectivity index is 1.61. The van der Waals surface area contributed by atoms with Gasteiger partial charge in [-0.15, -0.1) is 0 Å². The Kier molecular flexibility index (Phi) is 4.77. The highest BCUT2D eigenvalue weighted by Gasteiger charge is 2.41. The van der Waals surface area contributed by atoms with Gasteiger partial charge in [-0.3, -0.25) is 9.79 Å². The van der Waals surface area contributed by atoms with E-state index in [1.54, 1.807) is 12.4 Å². The Bertz CT molecular complexity index is 887. The Labute approximate surface area is 163 Å². The maximum Gasteiger partial charge on any atom is 0.252 e. The number of rotatable bonds is 5. The van der Waals surface area contributed by atoms with Gasteiger partial charge in [0.2, 0.25) is 0 Å². The first-order chi connectivity index (χ1) is 13.6. The molecular formula is C20H25N7O. The molecule has 2 aromatic heterocycles. The standard InChI is InChI=1S/C20H25N7O/c21-10-16(20(23)28)19(17-2-1-7-24-17)26-13-8-14-4-5-15(9-13)27(14)18-6-3-12(22)11-25-18/h1-3,6-7,10-11,13-15,24H,4-5,8-9,21-22H2,(H2,23,28)/t13?,14-,15+. The number of piperidine rings is 1. The average molecular weight is 379 g/mol. The number of anilines is 2. The molecule has 2 bridgehead atoms. The van der Waals surface area contributed by atoms with Crippen molar-refractivity contribution in [2.45, 2.75) is 43.8 Å². The molecule has 2 aliphatic heterocycles. The van der Waals surface area contributed by atoms with Gasteiger partial charge in [0.05, 0.1) is 34.9 Å². The number of aliphatic imine (C=N–C) groups is 1. The SMILES string of the molecule is NC=C(C(N)=O)C(=NC1C[C@H]2CC[C@@H](C1)N2c1ccc(N)cn1)c1ccc[nH]1. The lowest BCUT2D eigenvalue weighted by Gasteiger charge is -2.38. The summed E-state index contributed by atoms with van der Waals surface area (Å²) >= 11 is 0. The van der Waals surface area contributed by atoms with E-state index in [9.17, 15) is 4.79 Å². The number of fused-ring (bicyclic) bond motifs is 2. The third-order valence-corrected chi connectivity index (χ3v) is 5.60. The topological polar surface area (TPSA) is 139 Å². The molecule has 28 heavy (non-hydrogen) atoms. The molecule has 146 valence electrons. The highest BCUT2D eigenvalue weighted by molar-refractivity contribution is 6.27. The fourth-order valence-corrected chi connectivity index (χ4v) is 4.40. The first kappa shape index (κ1) is 18.1. The maximum absolute atomic E-state index is 11.9.